The summed E-state index contributed by atoms with van der Waals surface area (Å²) in [6, 6.07) is 11.3. The predicted molar refractivity (Wildman–Crippen MR) is 84.1 cm³/mol. The van der Waals surface area contributed by atoms with Crippen LogP contribution in [0.1, 0.15) is 41.8 Å². The molecule has 1 aromatic carbocycles. The number of aryl methyl sites for hydroxylation is 2. The third-order valence-electron chi connectivity index (χ3n) is 4.62. The zero-order valence-electron chi connectivity index (χ0n) is 12.9. The number of aromatic nitrogens is 1. The van der Waals surface area contributed by atoms with Crippen molar-refractivity contribution in [3.05, 3.63) is 52.9 Å². The van der Waals surface area contributed by atoms with Gasteiger partial charge in [-0.1, -0.05) is 35.8 Å². The van der Waals surface area contributed by atoms with Crippen LogP contribution in [0.4, 0.5) is 0 Å². The Balaban J connectivity index is 1.58. The molecule has 1 N–H and O–H groups in total. The van der Waals surface area contributed by atoms with Gasteiger partial charge in [-0.05, 0) is 43.7 Å². The van der Waals surface area contributed by atoms with Crippen LogP contribution in [0.3, 0.4) is 0 Å². The fraction of sp³-hybridized carbons (Fsp3) is 0.500. The largest absolute Gasteiger partial charge is 0.361 e. The van der Waals surface area contributed by atoms with E-state index in [-0.39, 0.29) is 0 Å². The van der Waals surface area contributed by atoms with Crippen LogP contribution < -0.4 is 5.32 Å². The van der Waals surface area contributed by atoms with Crippen molar-refractivity contribution in [2.24, 2.45) is 5.92 Å². The summed E-state index contributed by atoms with van der Waals surface area (Å²) in [5.74, 6) is 1.70. The van der Waals surface area contributed by atoms with Crippen molar-refractivity contribution in [3.8, 4) is 0 Å². The zero-order valence-corrected chi connectivity index (χ0v) is 12.9. The lowest BCUT2D eigenvalue weighted by molar-refractivity contribution is 0.329. The maximum atomic E-state index is 5.38. The number of nitrogens with one attached hydrogen (secondary N) is 1. The highest BCUT2D eigenvalue weighted by Crippen LogP contribution is 2.29. The van der Waals surface area contributed by atoms with Crippen molar-refractivity contribution < 1.29 is 4.52 Å². The average Bonchev–Trinajstić information content (AvgIpc) is 3.08. The number of benzene rings is 1. The summed E-state index contributed by atoms with van der Waals surface area (Å²) in [4.78, 5) is 0. The van der Waals surface area contributed by atoms with E-state index in [2.05, 4.69) is 47.7 Å². The van der Waals surface area contributed by atoms with Crippen LogP contribution in [0.25, 0.3) is 0 Å². The minimum atomic E-state index is 0.593. The van der Waals surface area contributed by atoms with E-state index in [0.717, 1.165) is 24.4 Å². The summed E-state index contributed by atoms with van der Waals surface area (Å²) in [6.07, 6.45) is 4.87. The van der Waals surface area contributed by atoms with E-state index in [9.17, 15) is 0 Å². The van der Waals surface area contributed by atoms with Crippen LogP contribution >= 0.6 is 0 Å². The van der Waals surface area contributed by atoms with Crippen LogP contribution in [0, 0.1) is 19.8 Å². The average molecular weight is 284 g/mol. The molecule has 1 saturated carbocycles. The molecule has 2 atom stereocenters. The molecule has 1 fully saturated rings. The molecule has 0 radical (unpaired) electrons. The Bertz CT molecular complexity index is 590. The van der Waals surface area contributed by atoms with Gasteiger partial charge in [0.05, 0.1) is 5.69 Å². The zero-order chi connectivity index (χ0) is 14.7. The van der Waals surface area contributed by atoms with Gasteiger partial charge in [0.25, 0.3) is 0 Å². The van der Waals surface area contributed by atoms with Gasteiger partial charge in [-0.15, -0.1) is 0 Å². The van der Waals surface area contributed by atoms with Crippen LogP contribution in [0.2, 0.25) is 0 Å². The van der Waals surface area contributed by atoms with E-state index >= 15 is 0 Å². The quantitative estimate of drug-likeness (QED) is 0.907. The Morgan fingerprint density at radius 3 is 2.86 bits per heavy atom. The van der Waals surface area contributed by atoms with E-state index in [1.807, 2.05) is 6.92 Å². The van der Waals surface area contributed by atoms with E-state index in [1.165, 1.54) is 30.4 Å². The topological polar surface area (TPSA) is 38.1 Å². The van der Waals surface area contributed by atoms with E-state index in [4.69, 9.17) is 4.52 Å². The van der Waals surface area contributed by atoms with Gasteiger partial charge in [-0.3, -0.25) is 0 Å². The predicted octanol–water partition coefficient (Wildman–Crippen LogP) is 3.79. The van der Waals surface area contributed by atoms with Crippen LogP contribution in [-0.2, 0) is 13.0 Å². The fourth-order valence-corrected chi connectivity index (χ4v) is 3.37. The Kier molecular flexibility index (Phi) is 4.39. The lowest BCUT2D eigenvalue weighted by Gasteiger charge is -2.20. The smallest absolute Gasteiger partial charge is 0.137 e. The third-order valence-corrected chi connectivity index (χ3v) is 4.62. The number of hydrogen-bond acceptors (Lipinski definition) is 3. The first kappa shape index (κ1) is 14.3. The van der Waals surface area contributed by atoms with Crippen molar-refractivity contribution in [2.45, 2.75) is 52.1 Å². The molecule has 1 aliphatic rings. The van der Waals surface area contributed by atoms with Gasteiger partial charge in [-0.25, -0.2) is 0 Å². The fourth-order valence-electron chi connectivity index (χ4n) is 3.37. The van der Waals surface area contributed by atoms with Crippen molar-refractivity contribution in [1.82, 2.24) is 10.5 Å². The molecule has 0 spiro atoms. The Hall–Kier alpha value is -1.61. The number of nitrogens with zero attached hydrogens (tertiary/aromatic N) is 1. The molecule has 0 amide bonds. The highest BCUT2D eigenvalue weighted by Gasteiger charge is 2.28. The maximum absolute atomic E-state index is 5.38. The second-order valence-electron chi connectivity index (χ2n) is 6.24. The summed E-state index contributed by atoms with van der Waals surface area (Å²) in [5.41, 5.74) is 3.75. The molecule has 21 heavy (non-hydrogen) atoms. The Morgan fingerprint density at radius 2 is 2.10 bits per heavy atom. The molecule has 2 aromatic rings. The van der Waals surface area contributed by atoms with E-state index in [1.54, 1.807) is 0 Å². The summed E-state index contributed by atoms with van der Waals surface area (Å²) < 4.78 is 5.38. The van der Waals surface area contributed by atoms with Gasteiger partial charge in [0.2, 0.25) is 0 Å². The second-order valence-corrected chi connectivity index (χ2v) is 6.24. The lowest BCUT2D eigenvalue weighted by atomic mass is 9.97. The lowest BCUT2D eigenvalue weighted by Crippen LogP contribution is -2.33. The first-order chi connectivity index (χ1) is 10.2. The SMILES string of the molecule is Cc1cc(C[C@@H]2CCC[C@H]2NCc2ccccc2C)on1. The summed E-state index contributed by atoms with van der Waals surface area (Å²) in [5, 5.41) is 7.75. The first-order valence-corrected chi connectivity index (χ1v) is 7.92. The molecule has 3 rings (SSSR count). The summed E-state index contributed by atoms with van der Waals surface area (Å²) in [6.45, 7) is 5.12. The van der Waals surface area contributed by atoms with Gasteiger partial charge in [0.1, 0.15) is 5.76 Å². The molecule has 0 saturated heterocycles. The minimum Gasteiger partial charge on any atom is -0.361 e. The highest BCUT2D eigenvalue weighted by atomic mass is 16.5. The summed E-state index contributed by atoms with van der Waals surface area (Å²) in [7, 11) is 0. The molecule has 112 valence electrons. The molecular weight excluding hydrogens is 260 g/mol. The standard InChI is InChI=1S/C18H24N2O/c1-13-6-3-4-7-16(13)12-19-18-9-5-8-15(18)11-17-10-14(2)20-21-17/h3-4,6-7,10,15,18-19H,5,8-9,11-12H2,1-2H3/t15-,18+/m0/s1. The highest BCUT2D eigenvalue weighted by molar-refractivity contribution is 5.25. The van der Waals surface area contributed by atoms with Crippen LogP contribution in [-0.4, -0.2) is 11.2 Å². The first-order valence-electron chi connectivity index (χ1n) is 7.92. The van der Waals surface area contributed by atoms with Gasteiger partial charge >= 0.3 is 0 Å². The second kappa shape index (κ2) is 6.44. The summed E-state index contributed by atoms with van der Waals surface area (Å²) >= 11 is 0. The monoisotopic (exact) mass is 284 g/mol. The third kappa shape index (κ3) is 3.53. The molecular formula is C18H24N2O. The molecule has 3 heteroatoms. The van der Waals surface area contributed by atoms with Crippen molar-refractivity contribution in [1.29, 1.82) is 0 Å². The van der Waals surface area contributed by atoms with Crippen LogP contribution in [0.15, 0.2) is 34.9 Å². The molecule has 0 aliphatic heterocycles. The Labute approximate surface area is 126 Å². The molecule has 3 nitrogen and oxygen atoms in total. The molecule has 0 bridgehead atoms. The van der Waals surface area contributed by atoms with E-state index < -0.39 is 0 Å². The van der Waals surface area contributed by atoms with Crippen molar-refractivity contribution in [3.63, 3.8) is 0 Å². The number of hydrogen-bond donors (Lipinski definition) is 1. The number of rotatable bonds is 5. The van der Waals surface area contributed by atoms with E-state index in [0.29, 0.717) is 12.0 Å². The van der Waals surface area contributed by atoms with Crippen LogP contribution in [0.5, 0.6) is 0 Å². The molecule has 1 aliphatic carbocycles. The van der Waals surface area contributed by atoms with Gasteiger partial charge in [0.15, 0.2) is 0 Å². The van der Waals surface area contributed by atoms with Gasteiger partial charge in [-0.2, -0.15) is 0 Å². The van der Waals surface area contributed by atoms with Crippen molar-refractivity contribution >= 4 is 0 Å². The molecule has 1 heterocycles. The minimum absolute atomic E-state index is 0.593. The normalized spacial score (nSPS) is 21.8. The Morgan fingerprint density at radius 1 is 1.24 bits per heavy atom. The maximum Gasteiger partial charge on any atom is 0.137 e. The molecule has 1 aromatic heterocycles. The molecule has 0 unspecified atom stereocenters. The van der Waals surface area contributed by atoms with Crippen molar-refractivity contribution in [2.75, 3.05) is 0 Å². The van der Waals surface area contributed by atoms with Gasteiger partial charge in [0, 0.05) is 25.1 Å². The van der Waals surface area contributed by atoms with Gasteiger partial charge < -0.3 is 9.84 Å².